The number of aromatic nitrogens is 5. The number of para-hydroxylation sites is 4. The Morgan fingerprint density at radius 3 is 1.36 bits per heavy atom. The summed E-state index contributed by atoms with van der Waals surface area (Å²) >= 11 is 0. The van der Waals surface area contributed by atoms with E-state index in [9.17, 15) is 2.74 Å². The van der Waals surface area contributed by atoms with Gasteiger partial charge in [0.2, 0.25) is 5.95 Å². The van der Waals surface area contributed by atoms with Gasteiger partial charge in [-0.25, -0.2) is 4.98 Å². The molecule has 0 N–H and O–H groups in total. The van der Waals surface area contributed by atoms with Crippen LogP contribution in [0.15, 0.2) is 151 Å². The number of benzene rings is 6. The number of hydrogen-bond acceptors (Lipinski definition) is 3. The van der Waals surface area contributed by atoms with E-state index in [0.29, 0.717) is 0 Å². The van der Waals surface area contributed by atoms with E-state index in [1.165, 1.54) is 0 Å². The highest BCUT2D eigenvalue weighted by molar-refractivity contribution is 6.10. The summed E-state index contributed by atoms with van der Waals surface area (Å²) in [5.41, 5.74) is -4.65. The van der Waals surface area contributed by atoms with Crippen molar-refractivity contribution in [1.29, 1.82) is 0 Å². The summed E-state index contributed by atoms with van der Waals surface area (Å²) in [6.07, 6.45) is 0. The average Bonchev–Trinajstić information content (AvgIpc) is 3.87. The van der Waals surface area contributed by atoms with Crippen LogP contribution in [0.1, 0.15) is 34.3 Å². The summed E-state index contributed by atoms with van der Waals surface area (Å²) in [6, 6.07) is -21.6. The number of rotatable bonds is 4. The lowest BCUT2D eigenvalue weighted by Crippen LogP contribution is -2.06. The highest BCUT2D eigenvalue weighted by Gasteiger charge is 2.18. The first kappa shape index (κ1) is 10.3. The first-order valence-corrected chi connectivity index (χ1v) is 12.7. The molecule has 3 aromatic heterocycles. The second kappa shape index (κ2) is 9.75. The van der Waals surface area contributed by atoms with Gasteiger partial charge in [0, 0.05) is 38.4 Å². The van der Waals surface area contributed by atoms with Gasteiger partial charge in [0.1, 0.15) is 0 Å². The molecule has 0 aliphatic heterocycles. The molecule has 0 aliphatic carbocycles. The zero-order valence-electron chi connectivity index (χ0n) is 46.7. The Hall–Kier alpha value is -6.07. The van der Waals surface area contributed by atoms with Crippen molar-refractivity contribution in [2.75, 3.05) is 0 Å². The van der Waals surface area contributed by atoms with Crippen molar-refractivity contribution >= 4 is 43.6 Å². The van der Waals surface area contributed by atoms with Crippen LogP contribution in [0.4, 0.5) is 0 Å². The van der Waals surface area contributed by atoms with Gasteiger partial charge in [0.05, 0.1) is 56.3 Å². The van der Waals surface area contributed by atoms with Gasteiger partial charge in [-0.3, -0.25) is 4.57 Å². The van der Waals surface area contributed by atoms with E-state index in [2.05, 4.69) is 15.0 Å². The maximum absolute atomic E-state index is 9.73. The largest absolute Gasteiger partial charge is 0.309 e. The monoisotopic (exact) mass is 588 g/mol. The van der Waals surface area contributed by atoms with E-state index in [0.717, 1.165) is 9.13 Å². The van der Waals surface area contributed by atoms with Crippen molar-refractivity contribution in [3.63, 3.8) is 0 Å². The first-order valence-electron chi connectivity index (χ1n) is 25.2. The molecule has 9 aromatic rings. The van der Waals surface area contributed by atoms with E-state index in [4.69, 9.17) is 31.5 Å². The third-order valence-electron chi connectivity index (χ3n) is 6.67. The molecule has 0 spiro atoms. The van der Waals surface area contributed by atoms with Crippen molar-refractivity contribution in [1.82, 2.24) is 24.1 Å². The lowest BCUT2D eigenvalue weighted by atomic mass is 10.1. The molecule has 9 rings (SSSR count). The predicted molar refractivity (Wildman–Crippen MR) is 179 cm³/mol. The minimum atomic E-state index is -1.03. The lowest BCUT2D eigenvalue weighted by molar-refractivity contribution is 0.953. The first-order chi connectivity index (χ1) is 32.2. The van der Waals surface area contributed by atoms with Crippen LogP contribution in [0, 0.1) is 0 Å². The molecule has 0 fully saturated rings. The van der Waals surface area contributed by atoms with Gasteiger partial charge >= 0.3 is 0 Å². The molecule has 0 amide bonds. The molecule has 3 heterocycles. The van der Waals surface area contributed by atoms with Crippen LogP contribution < -0.4 is 0 Å². The molecule has 0 bridgehead atoms. The third-order valence-corrected chi connectivity index (χ3v) is 6.67. The van der Waals surface area contributed by atoms with Crippen molar-refractivity contribution in [3.05, 3.63) is 151 Å². The van der Waals surface area contributed by atoms with Crippen molar-refractivity contribution in [2.45, 2.75) is 0 Å². The van der Waals surface area contributed by atoms with Crippen molar-refractivity contribution in [2.24, 2.45) is 0 Å². The van der Waals surface area contributed by atoms with Gasteiger partial charge in [0.15, 0.2) is 11.6 Å². The van der Waals surface area contributed by atoms with Gasteiger partial charge in [0.25, 0.3) is 0 Å². The molecule has 5 heteroatoms. The van der Waals surface area contributed by atoms with Gasteiger partial charge in [-0.2, -0.15) is 9.97 Å². The fraction of sp³-hybridized carbons (Fsp3) is 0. The molecule has 0 saturated heterocycles. The fourth-order valence-corrected chi connectivity index (χ4v) is 4.87. The van der Waals surface area contributed by atoms with Crippen LogP contribution in [-0.2, 0) is 0 Å². The molecule has 206 valence electrons. The average molecular weight is 589 g/mol. The number of hydrogen-bond donors (Lipinski definition) is 0. The summed E-state index contributed by atoms with van der Waals surface area (Å²) in [7, 11) is 0. The molecular weight excluding hydrogens is 538 g/mol. The quantitative estimate of drug-likeness (QED) is 0.206. The Morgan fingerprint density at radius 1 is 0.386 bits per heavy atom. The Morgan fingerprint density at radius 2 is 0.818 bits per heavy atom. The summed E-state index contributed by atoms with van der Waals surface area (Å²) in [5.74, 6) is -2.59. The lowest BCUT2D eigenvalue weighted by Gasteiger charge is -2.12. The smallest absolute Gasteiger partial charge is 0.238 e. The Labute approximate surface area is 288 Å². The molecule has 0 unspecified atom stereocenters. The van der Waals surface area contributed by atoms with Crippen molar-refractivity contribution in [3.8, 4) is 34.4 Å². The molecule has 0 saturated carbocycles. The van der Waals surface area contributed by atoms with Crippen LogP contribution in [0.3, 0.4) is 0 Å². The highest BCUT2D eigenvalue weighted by Crippen LogP contribution is 2.34. The maximum Gasteiger partial charge on any atom is 0.238 e. The van der Waals surface area contributed by atoms with E-state index < -0.39 is 229 Å². The number of fused-ring (bicyclic) bond motifs is 6. The highest BCUT2D eigenvalue weighted by atomic mass is 15.2. The normalized spacial score (nSPS) is 19.6. The Balaban J connectivity index is 1.53. The summed E-state index contributed by atoms with van der Waals surface area (Å²) in [4.78, 5) is 13.1. The van der Waals surface area contributed by atoms with Gasteiger partial charge in [-0.05, 0) is 36.3 Å². The maximum atomic E-state index is 9.73. The molecule has 44 heavy (non-hydrogen) atoms. The molecule has 6 aromatic carbocycles. The summed E-state index contributed by atoms with van der Waals surface area (Å²) in [5, 5.41) is -1.83. The van der Waals surface area contributed by atoms with Gasteiger partial charge < -0.3 is 4.57 Å². The standard InChI is InChI=1S/C39H25N5/c1-2-13-26(14-3-1)37-40-38(42-39(41-37)44-35-23-10-6-19-31(35)32-20-7-11-24-36(32)44)27-15-12-16-28(25-27)43-33-21-8-4-17-29(33)30-18-5-9-22-34(30)43/h1-25H/i1D,2D,3D,4D,5D,6D,7D,8D,9D,10D,11D,12D,13D,14D,15D,16D,17D,18D,19D,20D,21D,22D,23D,24D,25D. The molecule has 0 radical (unpaired) electrons. The molecule has 0 atom stereocenters. The van der Waals surface area contributed by atoms with E-state index in [1.807, 2.05) is 0 Å². The van der Waals surface area contributed by atoms with E-state index in [1.54, 1.807) is 0 Å². The van der Waals surface area contributed by atoms with E-state index >= 15 is 0 Å². The SMILES string of the molecule is [2H]c1c([2H])c([2H])c(-c2nc(-c3c([2H])c([2H])c([2H])c(-n4c5c([2H])c([2H])c([2H])c([2H])c5c5c([2H])c([2H])c([2H])c([2H])c54)c3[2H])nc(-n3c4c([2H])c([2H])c([2H])c([2H])c4c4c([2H])c([2H])c([2H])c([2H])c43)n2)c([2H])c1[2H]. The fourth-order valence-electron chi connectivity index (χ4n) is 4.87. The molecular formula is C39H25N5. The summed E-state index contributed by atoms with van der Waals surface area (Å²) < 4.78 is 221. The van der Waals surface area contributed by atoms with Gasteiger partial charge in [-0.15, -0.1) is 0 Å². The molecule has 0 aliphatic rings. The molecule has 5 nitrogen and oxygen atoms in total. The Bertz CT molecular complexity index is 3730. The minimum Gasteiger partial charge on any atom is -0.309 e. The van der Waals surface area contributed by atoms with Crippen LogP contribution in [0.25, 0.3) is 78.0 Å². The van der Waals surface area contributed by atoms with Gasteiger partial charge in [-0.1, -0.05) is 115 Å². The predicted octanol–water partition coefficient (Wildman–Crippen LogP) is 9.40. The van der Waals surface area contributed by atoms with Crippen LogP contribution in [0.2, 0.25) is 0 Å². The van der Waals surface area contributed by atoms with Crippen molar-refractivity contribution < 1.29 is 34.3 Å². The zero-order chi connectivity index (χ0) is 50.8. The summed E-state index contributed by atoms with van der Waals surface area (Å²) in [6.45, 7) is 0. The second-order valence-electron chi connectivity index (χ2n) is 9.07. The third kappa shape index (κ3) is 3.76. The van der Waals surface area contributed by atoms with Crippen LogP contribution in [-0.4, -0.2) is 24.1 Å². The topological polar surface area (TPSA) is 48.5 Å². The Kier molecular flexibility index (Phi) is 2.28. The minimum absolute atomic E-state index is 0.452. The number of nitrogens with zero attached hydrogens (tertiary/aromatic N) is 5. The van der Waals surface area contributed by atoms with Crippen LogP contribution in [0.5, 0.6) is 0 Å². The zero-order valence-corrected chi connectivity index (χ0v) is 21.7. The van der Waals surface area contributed by atoms with Crippen LogP contribution >= 0.6 is 0 Å². The second-order valence-corrected chi connectivity index (χ2v) is 9.07. The van der Waals surface area contributed by atoms with E-state index in [-0.39, 0.29) is 0 Å².